The number of hydrogen-bond acceptors (Lipinski definition) is 3. The first kappa shape index (κ1) is 23.2. The molecule has 1 unspecified atom stereocenters. The van der Waals surface area contributed by atoms with Crippen molar-refractivity contribution < 1.29 is 4.52 Å². The molecule has 1 rings (SSSR count). The largest absolute Gasteiger partial charge is 0.361 e. The second-order valence-electron chi connectivity index (χ2n) is 6.68. The topological polar surface area (TPSA) is 62.5 Å². The van der Waals surface area contributed by atoms with Crippen molar-refractivity contribution in [2.75, 3.05) is 13.1 Å². The molecule has 0 bridgehead atoms. The molecule has 24 heavy (non-hydrogen) atoms. The number of nitrogens with one attached hydrogen (secondary N) is 2. The Kier molecular flexibility index (Phi) is 12.1. The van der Waals surface area contributed by atoms with Crippen LogP contribution in [0.2, 0.25) is 0 Å². The van der Waals surface area contributed by atoms with Crippen molar-refractivity contribution in [3.8, 4) is 0 Å². The number of halogens is 1. The molecule has 140 valence electrons. The van der Waals surface area contributed by atoms with Crippen molar-refractivity contribution in [1.82, 2.24) is 15.8 Å². The fraction of sp³-hybridized carbons (Fsp3) is 0.778. The first-order chi connectivity index (χ1) is 10.9. The zero-order valence-electron chi connectivity index (χ0n) is 16.1. The fourth-order valence-corrected chi connectivity index (χ4v) is 2.60. The SMILES string of the molecule is CCNC(=NCCc1c(C)noc1C)NC(C)CCCC(C)C.I. The molecule has 0 aliphatic heterocycles. The maximum absolute atomic E-state index is 5.20. The van der Waals surface area contributed by atoms with Crippen LogP contribution in [0, 0.1) is 19.8 Å². The Bertz CT molecular complexity index is 466. The van der Waals surface area contributed by atoms with Crippen molar-refractivity contribution in [1.29, 1.82) is 0 Å². The Labute approximate surface area is 164 Å². The van der Waals surface area contributed by atoms with E-state index in [1.54, 1.807) is 0 Å². The Morgan fingerprint density at radius 2 is 1.92 bits per heavy atom. The highest BCUT2D eigenvalue weighted by Gasteiger charge is 2.09. The molecular formula is C18H35IN4O. The zero-order valence-corrected chi connectivity index (χ0v) is 18.4. The summed E-state index contributed by atoms with van der Waals surface area (Å²) in [5.74, 6) is 2.58. The Hall–Kier alpha value is -0.790. The van der Waals surface area contributed by atoms with Crippen LogP contribution in [0.5, 0.6) is 0 Å². The van der Waals surface area contributed by atoms with Crippen LogP contribution in [-0.2, 0) is 6.42 Å². The molecule has 1 aromatic heterocycles. The lowest BCUT2D eigenvalue weighted by atomic mass is 10.0. The fourth-order valence-electron chi connectivity index (χ4n) is 2.60. The molecule has 1 aromatic rings. The molecule has 0 saturated carbocycles. The van der Waals surface area contributed by atoms with E-state index in [9.17, 15) is 0 Å². The zero-order chi connectivity index (χ0) is 17.2. The predicted octanol–water partition coefficient (Wildman–Crippen LogP) is 4.22. The van der Waals surface area contributed by atoms with Gasteiger partial charge in [-0.25, -0.2) is 0 Å². The summed E-state index contributed by atoms with van der Waals surface area (Å²) < 4.78 is 5.20. The average molecular weight is 450 g/mol. The molecular weight excluding hydrogens is 415 g/mol. The minimum atomic E-state index is 0. The lowest BCUT2D eigenvalue weighted by molar-refractivity contribution is 0.392. The number of guanidine groups is 1. The van der Waals surface area contributed by atoms with E-state index >= 15 is 0 Å². The van der Waals surface area contributed by atoms with Crippen LogP contribution in [0.4, 0.5) is 0 Å². The first-order valence-electron chi connectivity index (χ1n) is 8.90. The van der Waals surface area contributed by atoms with E-state index in [-0.39, 0.29) is 24.0 Å². The molecule has 0 spiro atoms. The van der Waals surface area contributed by atoms with E-state index in [1.165, 1.54) is 24.8 Å². The molecule has 0 aliphatic rings. The summed E-state index contributed by atoms with van der Waals surface area (Å²) in [5, 5.41) is 10.8. The molecule has 0 radical (unpaired) electrons. The third kappa shape index (κ3) is 8.89. The van der Waals surface area contributed by atoms with E-state index in [0.717, 1.165) is 42.8 Å². The highest BCUT2D eigenvalue weighted by molar-refractivity contribution is 14.0. The maximum atomic E-state index is 5.20. The Balaban J connectivity index is 0.00000529. The monoisotopic (exact) mass is 450 g/mol. The summed E-state index contributed by atoms with van der Waals surface area (Å²) in [7, 11) is 0. The lowest BCUT2D eigenvalue weighted by Crippen LogP contribution is -2.42. The van der Waals surface area contributed by atoms with Crippen molar-refractivity contribution in [3.05, 3.63) is 17.0 Å². The van der Waals surface area contributed by atoms with Crippen molar-refractivity contribution >= 4 is 29.9 Å². The summed E-state index contributed by atoms with van der Waals surface area (Å²) in [4.78, 5) is 4.68. The van der Waals surface area contributed by atoms with Crippen LogP contribution in [0.3, 0.4) is 0 Å². The van der Waals surface area contributed by atoms with Gasteiger partial charge in [-0.05, 0) is 46.5 Å². The maximum Gasteiger partial charge on any atom is 0.191 e. The van der Waals surface area contributed by atoms with Crippen LogP contribution in [0.15, 0.2) is 9.52 Å². The van der Waals surface area contributed by atoms with E-state index in [1.807, 2.05) is 13.8 Å². The van der Waals surface area contributed by atoms with Gasteiger partial charge in [0.2, 0.25) is 0 Å². The number of aliphatic imine (C=N–C) groups is 1. The van der Waals surface area contributed by atoms with Gasteiger partial charge >= 0.3 is 0 Å². The Morgan fingerprint density at radius 1 is 1.21 bits per heavy atom. The van der Waals surface area contributed by atoms with Gasteiger partial charge in [0.15, 0.2) is 5.96 Å². The highest BCUT2D eigenvalue weighted by atomic mass is 127. The molecule has 6 heteroatoms. The molecule has 0 aliphatic carbocycles. The predicted molar refractivity (Wildman–Crippen MR) is 112 cm³/mol. The van der Waals surface area contributed by atoms with Gasteiger partial charge in [0.25, 0.3) is 0 Å². The van der Waals surface area contributed by atoms with Gasteiger partial charge in [-0.1, -0.05) is 31.8 Å². The van der Waals surface area contributed by atoms with Crippen molar-refractivity contribution in [2.24, 2.45) is 10.9 Å². The quantitative estimate of drug-likeness (QED) is 0.336. The van der Waals surface area contributed by atoms with Crippen LogP contribution < -0.4 is 10.6 Å². The summed E-state index contributed by atoms with van der Waals surface area (Å²) in [5.41, 5.74) is 2.15. The van der Waals surface area contributed by atoms with Gasteiger partial charge in [0.1, 0.15) is 5.76 Å². The van der Waals surface area contributed by atoms with Gasteiger partial charge in [-0.3, -0.25) is 4.99 Å². The van der Waals surface area contributed by atoms with E-state index < -0.39 is 0 Å². The summed E-state index contributed by atoms with van der Waals surface area (Å²) in [6, 6.07) is 0.436. The lowest BCUT2D eigenvalue weighted by Gasteiger charge is -2.18. The van der Waals surface area contributed by atoms with Crippen molar-refractivity contribution in [2.45, 2.75) is 73.3 Å². The number of aromatic nitrogens is 1. The normalized spacial score (nSPS) is 12.9. The third-order valence-corrected chi connectivity index (χ3v) is 3.96. The van der Waals surface area contributed by atoms with Gasteiger partial charge in [-0.2, -0.15) is 0 Å². The van der Waals surface area contributed by atoms with Crippen LogP contribution in [0.25, 0.3) is 0 Å². The Morgan fingerprint density at radius 3 is 2.46 bits per heavy atom. The average Bonchev–Trinajstić information content (AvgIpc) is 2.78. The summed E-state index contributed by atoms with van der Waals surface area (Å²) in [6.45, 7) is 14.4. The van der Waals surface area contributed by atoms with Crippen LogP contribution in [0.1, 0.15) is 64.0 Å². The van der Waals surface area contributed by atoms with Gasteiger partial charge in [0.05, 0.1) is 5.69 Å². The molecule has 0 saturated heterocycles. The van der Waals surface area contributed by atoms with E-state index in [0.29, 0.717) is 6.04 Å². The first-order valence-corrected chi connectivity index (χ1v) is 8.90. The number of nitrogens with zero attached hydrogens (tertiary/aromatic N) is 2. The number of aryl methyl sites for hydroxylation is 2. The molecule has 5 nitrogen and oxygen atoms in total. The molecule has 1 heterocycles. The second kappa shape index (κ2) is 12.6. The van der Waals surface area contributed by atoms with Gasteiger partial charge < -0.3 is 15.2 Å². The van der Waals surface area contributed by atoms with Crippen LogP contribution in [-0.4, -0.2) is 30.2 Å². The van der Waals surface area contributed by atoms with E-state index in [4.69, 9.17) is 4.52 Å². The summed E-state index contributed by atoms with van der Waals surface area (Å²) in [6.07, 6.45) is 4.57. The third-order valence-electron chi connectivity index (χ3n) is 3.96. The minimum Gasteiger partial charge on any atom is -0.361 e. The highest BCUT2D eigenvalue weighted by Crippen LogP contribution is 2.12. The van der Waals surface area contributed by atoms with Gasteiger partial charge in [0, 0.05) is 24.7 Å². The molecule has 0 amide bonds. The smallest absolute Gasteiger partial charge is 0.191 e. The standard InChI is InChI=1S/C18H34N4O.HI/c1-7-19-18(21-14(4)10-8-9-13(2)3)20-12-11-17-15(5)22-23-16(17)6;/h13-14H,7-12H2,1-6H3,(H2,19,20,21);1H. The van der Waals surface area contributed by atoms with Crippen LogP contribution >= 0.6 is 24.0 Å². The molecule has 0 fully saturated rings. The second-order valence-corrected chi connectivity index (χ2v) is 6.68. The van der Waals surface area contributed by atoms with E-state index in [2.05, 4.69) is 48.5 Å². The number of hydrogen-bond donors (Lipinski definition) is 2. The van der Waals surface area contributed by atoms with Crippen molar-refractivity contribution in [3.63, 3.8) is 0 Å². The molecule has 1 atom stereocenters. The van der Waals surface area contributed by atoms with Gasteiger partial charge in [-0.15, -0.1) is 24.0 Å². The summed E-state index contributed by atoms with van der Waals surface area (Å²) >= 11 is 0. The number of rotatable bonds is 9. The molecule has 0 aromatic carbocycles. The molecule has 2 N–H and O–H groups in total. The minimum absolute atomic E-state index is 0.